The Morgan fingerprint density at radius 1 is 1.15 bits per heavy atom. The van der Waals surface area contributed by atoms with Gasteiger partial charge in [-0.15, -0.1) is 0 Å². The zero-order chi connectivity index (χ0) is 20.0. The lowest BCUT2D eigenvalue weighted by Crippen LogP contribution is -2.31. The van der Waals surface area contributed by atoms with E-state index in [0.29, 0.717) is 33.6 Å². The standard InChI is InChI=1S/C18H20Cl2N2O4S/c1-26-15-6-3-5-14(12-15)22(27(2,24)25)10-4-7-18(23)21-13-8-9-16(19)17(20)11-13/h3,5-6,8-9,11-12H,4,7,10H2,1-2H3,(H,21,23). The third-order valence-electron chi connectivity index (χ3n) is 3.71. The molecule has 0 atom stereocenters. The average molecular weight is 431 g/mol. The Bertz CT molecular complexity index is 919. The van der Waals surface area contributed by atoms with Crippen molar-refractivity contribution in [3.8, 4) is 5.75 Å². The van der Waals surface area contributed by atoms with Gasteiger partial charge in [0, 0.05) is 24.7 Å². The van der Waals surface area contributed by atoms with Gasteiger partial charge in [-0.2, -0.15) is 0 Å². The van der Waals surface area contributed by atoms with Gasteiger partial charge in [0.15, 0.2) is 0 Å². The van der Waals surface area contributed by atoms with E-state index in [9.17, 15) is 13.2 Å². The molecule has 0 saturated heterocycles. The molecular formula is C18H20Cl2N2O4S. The molecule has 27 heavy (non-hydrogen) atoms. The second-order valence-corrected chi connectivity index (χ2v) is 8.54. The van der Waals surface area contributed by atoms with Crippen molar-refractivity contribution in [3.63, 3.8) is 0 Å². The van der Waals surface area contributed by atoms with Gasteiger partial charge < -0.3 is 10.1 Å². The van der Waals surface area contributed by atoms with Crippen molar-refractivity contribution in [1.29, 1.82) is 0 Å². The number of sulfonamides is 1. The number of carbonyl (C=O) groups is 1. The Hall–Kier alpha value is -1.96. The van der Waals surface area contributed by atoms with Crippen LogP contribution in [-0.4, -0.2) is 34.2 Å². The number of hydrogen-bond donors (Lipinski definition) is 1. The molecule has 0 unspecified atom stereocenters. The van der Waals surface area contributed by atoms with Gasteiger partial charge in [-0.3, -0.25) is 9.10 Å². The van der Waals surface area contributed by atoms with Crippen LogP contribution in [0.25, 0.3) is 0 Å². The predicted molar refractivity (Wildman–Crippen MR) is 110 cm³/mol. The number of methoxy groups -OCH3 is 1. The van der Waals surface area contributed by atoms with Crippen molar-refractivity contribution >= 4 is 50.5 Å². The SMILES string of the molecule is COc1cccc(N(CCCC(=O)Nc2ccc(Cl)c(Cl)c2)S(C)(=O)=O)c1. The summed E-state index contributed by atoms with van der Waals surface area (Å²) in [5, 5.41) is 3.45. The summed E-state index contributed by atoms with van der Waals surface area (Å²) in [4.78, 5) is 12.1. The fraction of sp³-hybridized carbons (Fsp3) is 0.278. The normalized spacial score (nSPS) is 11.1. The Morgan fingerprint density at radius 3 is 2.52 bits per heavy atom. The van der Waals surface area contributed by atoms with Crippen LogP contribution in [-0.2, 0) is 14.8 Å². The van der Waals surface area contributed by atoms with Gasteiger partial charge in [0.05, 0.1) is 29.1 Å². The summed E-state index contributed by atoms with van der Waals surface area (Å²) >= 11 is 11.8. The van der Waals surface area contributed by atoms with E-state index in [2.05, 4.69) is 5.32 Å². The second kappa shape index (κ2) is 9.30. The average Bonchev–Trinajstić information content (AvgIpc) is 2.61. The Labute approximate surface area is 169 Å². The van der Waals surface area contributed by atoms with Gasteiger partial charge in [-0.05, 0) is 36.8 Å². The zero-order valence-electron chi connectivity index (χ0n) is 14.9. The number of benzene rings is 2. The van der Waals surface area contributed by atoms with Gasteiger partial charge in [-0.1, -0.05) is 29.3 Å². The highest BCUT2D eigenvalue weighted by Gasteiger charge is 2.18. The van der Waals surface area contributed by atoms with E-state index in [-0.39, 0.29) is 18.9 Å². The Kier molecular flexibility index (Phi) is 7.35. The highest BCUT2D eigenvalue weighted by molar-refractivity contribution is 7.92. The summed E-state index contributed by atoms with van der Waals surface area (Å²) in [7, 11) is -1.99. The van der Waals surface area contributed by atoms with E-state index in [1.807, 2.05) is 0 Å². The molecule has 0 aliphatic rings. The third kappa shape index (κ3) is 6.30. The summed E-state index contributed by atoms with van der Waals surface area (Å²) in [5.41, 5.74) is 1.02. The molecule has 0 fully saturated rings. The van der Waals surface area contributed by atoms with Crippen LogP contribution in [0.1, 0.15) is 12.8 Å². The Balaban J connectivity index is 1.98. The molecule has 1 N–H and O–H groups in total. The smallest absolute Gasteiger partial charge is 0.232 e. The number of rotatable bonds is 8. The van der Waals surface area contributed by atoms with E-state index in [0.717, 1.165) is 6.26 Å². The first-order valence-corrected chi connectivity index (χ1v) is 10.7. The molecule has 0 aliphatic carbocycles. The largest absolute Gasteiger partial charge is 0.497 e. The van der Waals surface area contributed by atoms with Crippen LogP contribution < -0.4 is 14.4 Å². The molecule has 0 aliphatic heterocycles. The van der Waals surface area contributed by atoms with E-state index in [1.54, 1.807) is 42.5 Å². The number of nitrogens with zero attached hydrogens (tertiary/aromatic N) is 1. The molecule has 0 bridgehead atoms. The lowest BCUT2D eigenvalue weighted by molar-refractivity contribution is -0.116. The molecule has 0 saturated carbocycles. The lowest BCUT2D eigenvalue weighted by Gasteiger charge is -2.22. The molecule has 0 aromatic heterocycles. The lowest BCUT2D eigenvalue weighted by atomic mass is 10.2. The number of halogens is 2. The number of ether oxygens (including phenoxy) is 1. The first kappa shape index (κ1) is 21.3. The van der Waals surface area contributed by atoms with Crippen molar-refractivity contribution in [3.05, 3.63) is 52.5 Å². The molecule has 0 radical (unpaired) electrons. The topological polar surface area (TPSA) is 75.7 Å². The molecule has 9 heteroatoms. The van der Waals surface area contributed by atoms with Crippen LogP contribution in [0.2, 0.25) is 10.0 Å². The van der Waals surface area contributed by atoms with Gasteiger partial charge in [0.2, 0.25) is 15.9 Å². The molecule has 0 spiro atoms. The van der Waals surface area contributed by atoms with Gasteiger partial charge in [0.1, 0.15) is 5.75 Å². The Morgan fingerprint density at radius 2 is 1.89 bits per heavy atom. The molecular weight excluding hydrogens is 411 g/mol. The van der Waals surface area contributed by atoms with Crippen LogP contribution in [0.5, 0.6) is 5.75 Å². The summed E-state index contributed by atoms with van der Waals surface area (Å²) in [6.07, 6.45) is 1.62. The fourth-order valence-corrected chi connectivity index (χ4v) is 3.69. The van der Waals surface area contributed by atoms with Crippen molar-refractivity contribution in [2.75, 3.05) is 29.5 Å². The van der Waals surface area contributed by atoms with Gasteiger partial charge in [0.25, 0.3) is 0 Å². The molecule has 0 heterocycles. The minimum Gasteiger partial charge on any atom is -0.497 e. The molecule has 6 nitrogen and oxygen atoms in total. The highest BCUT2D eigenvalue weighted by Crippen LogP contribution is 2.26. The first-order chi connectivity index (χ1) is 12.7. The minimum absolute atomic E-state index is 0.149. The van der Waals surface area contributed by atoms with E-state index >= 15 is 0 Å². The highest BCUT2D eigenvalue weighted by atomic mass is 35.5. The summed E-state index contributed by atoms with van der Waals surface area (Å²) in [6, 6.07) is 11.5. The number of hydrogen-bond acceptors (Lipinski definition) is 4. The second-order valence-electron chi connectivity index (χ2n) is 5.82. The van der Waals surface area contributed by atoms with Crippen molar-refractivity contribution in [1.82, 2.24) is 0 Å². The van der Waals surface area contributed by atoms with E-state index in [1.165, 1.54) is 11.4 Å². The van der Waals surface area contributed by atoms with Crippen LogP contribution in [0.4, 0.5) is 11.4 Å². The quantitative estimate of drug-likeness (QED) is 0.680. The molecule has 1 amide bonds. The number of anilines is 2. The number of nitrogens with one attached hydrogen (secondary N) is 1. The van der Waals surface area contributed by atoms with Crippen LogP contribution in [0, 0.1) is 0 Å². The molecule has 2 aromatic carbocycles. The van der Waals surface area contributed by atoms with Crippen LogP contribution >= 0.6 is 23.2 Å². The van der Waals surface area contributed by atoms with E-state index < -0.39 is 10.0 Å². The predicted octanol–water partition coefficient (Wildman–Crippen LogP) is 4.19. The van der Waals surface area contributed by atoms with Crippen molar-refractivity contribution in [2.24, 2.45) is 0 Å². The number of carbonyl (C=O) groups excluding carboxylic acids is 1. The fourth-order valence-electron chi connectivity index (χ4n) is 2.43. The minimum atomic E-state index is -3.50. The summed E-state index contributed by atoms with van der Waals surface area (Å²) < 4.78 is 30.6. The zero-order valence-corrected chi connectivity index (χ0v) is 17.2. The van der Waals surface area contributed by atoms with Crippen molar-refractivity contribution in [2.45, 2.75) is 12.8 Å². The molecule has 2 rings (SSSR count). The molecule has 2 aromatic rings. The third-order valence-corrected chi connectivity index (χ3v) is 5.64. The first-order valence-electron chi connectivity index (χ1n) is 8.07. The summed E-state index contributed by atoms with van der Waals surface area (Å²) in [5.74, 6) is 0.311. The van der Waals surface area contributed by atoms with Crippen LogP contribution in [0.15, 0.2) is 42.5 Å². The van der Waals surface area contributed by atoms with Crippen LogP contribution in [0.3, 0.4) is 0 Å². The van der Waals surface area contributed by atoms with E-state index in [4.69, 9.17) is 27.9 Å². The van der Waals surface area contributed by atoms with Crippen molar-refractivity contribution < 1.29 is 17.9 Å². The van der Waals surface area contributed by atoms with Gasteiger partial charge >= 0.3 is 0 Å². The maximum absolute atomic E-state index is 12.1. The summed E-state index contributed by atoms with van der Waals surface area (Å²) in [6.45, 7) is 0.167. The molecule has 146 valence electrons. The monoisotopic (exact) mass is 430 g/mol. The maximum Gasteiger partial charge on any atom is 0.232 e. The maximum atomic E-state index is 12.1. The van der Waals surface area contributed by atoms with Gasteiger partial charge in [-0.25, -0.2) is 8.42 Å². The number of amides is 1.